The van der Waals surface area contributed by atoms with Gasteiger partial charge in [0.2, 0.25) is 5.95 Å². The fourth-order valence-electron chi connectivity index (χ4n) is 4.00. The molecule has 0 radical (unpaired) electrons. The number of hydrogen-bond donors (Lipinski definition) is 3. The Labute approximate surface area is 206 Å². The van der Waals surface area contributed by atoms with Crippen molar-refractivity contribution in [2.24, 2.45) is 10.6 Å². The Morgan fingerprint density at radius 1 is 1.23 bits per heavy atom. The molecule has 1 unspecified atom stereocenters. The molecule has 1 aliphatic heterocycles. The molecule has 3 N–H and O–H groups in total. The number of fused-ring (bicyclic) bond motifs is 1. The van der Waals surface area contributed by atoms with Crippen molar-refractivity contribution in [2.45, 2.75) is 39.7 Å². The molecule has 35 heavy (non-hydrogen) atoms. The zero-order valence-corrected chi connectivity index (χ0v) is 20.6. The molecule has 0 saturated carbocycles. The highest BCUT2D eigenvalue weighted by atomic mass is 32.1. The van der Waals surface area contributed by atoms with Gasteiger partial charge >= 0.3 is 12.0 Å². The van der Waals surface area contributed by atoms with Crippen LogP contribution in [0.3, 0.4) is 0 Å². The minimum absolute atomic E-state index is 0.347. The summed E-state index contributed by atoms with van der Waals surface area (Å²) < 4.78 is 0.778. The Kier molecular flexibility index (Phi) is 6.92. The monoisotopic (exact) mass is 497 g/mol. The van der Waals surface area contributed by atoms with Gasteiger partial charge in [0, 0.05) is 37.6 Å². The van der Waals surface area contributed by atoms with Crippen LogP contribution in [-0.4, -0.2) is 51.7 Å². The van der Waals surface area contributed by atoms with E-state index in [0.717, 1.165) is 15.8 Å². The Balaban J connectivity index is 1.61. The zero-order chi connectivity index (χ0) is 25.2. The van der Waals surface area contributed by atoms with E-state index >= 15 is 0 Å². The number of urea groups is 1. The highest BCUT2D eigenvalue weighted by molar-refractivity contribution is 7.22. The lowest BCUT2D eigenvalue weighted by molar-refractivity contribution is -0.149. The fourth-order valence-corrected chi connectivity index (χ4v) is 5.03. The summed E-state index contributed by atoms with van der Waals surface area (Å²) >= 11 is 1.29. The van der Waals surface area contributed by atoms with Crippen LogP contribution in [0.2, 0.25) is 0 Å². The zero-order valence-electron chi connectivity index (χ0n) is 19.7. The minimum atomic E-state index is -0.773. The number of nitrogens with one attached hydrogen (secondary N) is 2. The van der Waals surface area contributed by atoms with Crippen molar-refractivity contribution in [1.29, 1.82) is 0 Å². The van der Waals surface area contributed by atoms with Crippen LogP contribution in [0.5, 0.6) is 0 Å². The second kappa shape index (κ2) is 9.90. The number of aliphatic carboxylic acids is 1. The molecule has 1 aromatic carbocycles. The summed E-state index contributed by atoms with van der Waals surface area (Å²) in [6, 6.07) is 2.79. The standard InChI is InChI=1S/C23H27N7O4S/c1-4-24-21(33)28-22-27-17-10-14(9-16(13(2)29-34)18(17)35-22)15-11-25-20(26-12-15)30-7-5-23(3,6-8-30)19(31)32/h9-13H,4-8H2,1-3H3,(H,31,32)(H2,24,27,28,33). The third-order valence-electron chi connectivity index (χ3n) is 6.32. The maximum atomic E-state index is 11.9. The lowest BCUT2D eigenvalue weighted by atomic mass is 9.80. The number of thiazole rings is 1. The van der Waals surface area contributed by atoms with Gasteiger partial charge in [0.25, 0.3) is 0 Å². The second-order valence-corrected chi connectivity index (χ2v) is 9.82. The van der Waals surface area contributed by atoms with Gasteiger partial charge in [-0.25, -0.2) is 19.7 Å². The van der Waals surface area contributed by atoms with Gasteiger partial charge in [0.05, 0.1) is 15.6 Å². The molecule has 1 saturated heterocycles. The van der Waals surface area contributed by atoms with E-state index in [0.29, 0.717) is 54.6 Å². The molecule has 0 bridgehead atoms. The smallest absolute Gasteiger partial charge is 0.321 e. The van der Waals surface area contributed by atoms with Crippen molar-refractivity contribution in [2.75, 3.05) is 29.9 Å². The van der Waals surface area contributed by atoms with Crippen LogP contribution in [0.15, 0.2) is 29.7 Å². The molecule has 1 atom stereocenters. The minimum Gasteiger partial charge on any atom is -0.481 e. The molecule has 2 amide bonds. The summed E-state index contributed by atoms with van der Waals surface area (Å²) in [6.07, 6.45) is 4.47. The van der Waals surface area contributed by atoms with E-state index < -0.39 is 17.4 Å². The highest BCUT2D eigenvalue weighted by Crippen LogP contribution is 2.37. The molecule has 12 heteroatoms. The number of amides is 2. The van der Waals surface area contributed by atoms with Crippen LogP contribution in [0.25, 0.3) is 21.3 Å². The first-order valence-electron chi connectivity index (χ1n) is 11.4. The van der Waals surface area contributed by atoms with Crippen LogP contribution in [0.1, 0.15) is 45.2 Å². The van der Waals surface area contributed by atoms with Crippen LogP contribution < -0.4 is 15.5 Å². The number of nitrogens with zero attached hydrogens (tertiary/aromatic N) is 5. The van der Waals surface area contributed by atoms with E-state index in [4.69, 9.17) is 0 Å². The first kappa shape index (κ1) is 24.5. The molecule has 3 aromatic rings. The third kappa shape index (κ3) is 5.06. The van der Waals surface area contributed by atoms with Gasteiger partial charge < -0.3 is 15.3 Å². The summed E-state index contributed by atoms with van der Waals surface area (Å²) in [5.41, 5.74) is 2.15. The average molecular weight is 498 g/mol. The number of carboxylic acid groups (broad SMARTS) is 1. The molecule has 11 nitrogen and oxygen atoms in total. The van der Waals surface area contributed by atoms with Crippen molar-refractivity contribution in [3.8, 4) is 11.1 Å². The van der Waals surface area contributed by atoms with Crippen molar-refractivity contribution in [1.82, 2.24) is 20.3 Å². The number of anilines is 2. The molecular formula is C23H27N7O4S. The number of carboxylic acids is 1. The van der Waals surface area contributed by atoms with Gasteiger partial charge in [-0.05, 0) is 56.9 Å². The Morgan fingerprint density at radius 3 is 2.51 bits per heavy atom. The molecule has 2 aromatic heterocycles. The third-order valence-corrected chi connectivity index (χ3v) is 7.36. The fraction of sp³-hybridized carbons (Fsp3) is 0.435. The van der Waals surface area contributed by atoms with E-state index in [-0.39, 0.29) is 6.03 Å². The molecule has 0 spiro atoms. The molecular weight excluding hydrogens is 470 g/mol. The van der Waals surface area contributed by atoms with Gasteiger partial charge in [-0.15, -0.1) is 0 Å². The Bertz CT molecular complexity index is 1250. The summed E-state index contributed by atoms with van der Waals surface area (Å²) in [7, 11) is 0. The lowest BCUT2D eigenvalue weighted by Gasteiger charge is -2.36. The van der Waals surface area contributed by atoms with Crippen LogP contribution in [0, 0.1) is 10.3 Å². The Morgan fingerprint density at radius 2 is 1.91 bits per heavy atom. The first-order valence-corrected chi connectivity index (χ1v) is 12.2. The van der Waals surface area contributed by atoms with Crippen molar-refractivity contribution in [3.63, 3.8) is 0 Å². The van der Waals surface area contributed by atoms with Crippen molar-refractivity contribution < 1.29 is 14.7 Å². The van der Waals surface area contributed by atoms with E-state index in [1.54, 1.807) is 26.2 Å². The van der Waals surface area contributed by atoms with Gasteiger partial charge in [0.1, 0.15) is 6.04 Å². The van der Waals surface area contributed by atoms with E-state index in [1.165, 1.54) is 11.3 Å². The number of aromatic nitrogens is 3. The normalized spacial score (nSPS) is 16.0. The SMILES string of the molecule is CCNC(=O)Nc1nc2cc(-c3cnc(N4CCC(C)(C(=O)O)CC4)nc3)cc(C(C)N=O)c2s1. The van der Waals surface area contributed by atoms with Crippen LogP contribution in [-0.2, 0) is 4.79 Å². The van der Waals surface area contributed by atoms with Gasteiger partial charge in [-0.1, -0.05) is 16.5 Å². The molecule has 1 aliphatic rings. The largest absolute Gasteiger partial charge is 0.481 e. The highest BCUT2D eigenvalue weighted by Gasteiger charge is 2.37. The first-order chi connectivity index (χ1) is 16.7. The number of nitroso groups, excluding NO2 is 1. The lowest BCUT2D eigenvalue weighted by Crippen LogP contribution is -2.43. The van der Waals surface area contributed by atoms with Crippen molar-refractivity contribution in [3.05, 3.63) is 35.0 Å². The molecule has 184 valence electrons. The summed E-state index contributed by atoms with van der Waals surface area (Å²) in [6.45, 7) is 6.94. The van der Waals surface area contributed by atoms with E-state index in [2.05, 4.69) is 30.8 Å². The number of rotatable bonds is 7. The molecule has 0 aliphatic carbocycles. The Hall–Kier alpha value is -3.67. The van der Waals surface area contributed by atoms with Gasteiger partial charge in [0.15, 0.2) is 5.13 Å². The van der Waals surface area contributed by atoms with Crippen molar-refractivity contribution >= 4 is 44.6 Å². The maximum absolute atomic E-state index is 11.9. The number of piperidine rings is 1. The summed E-state index contributed by atoms with van der Waals surface area (Å²) in [5.74, 6) is -0.224. The second-order valence-electron chi connectivity index (χ2n) is 8.82. The number of carbonyl (C=O) groups is 2. The molecule has 4 rings (SSSR count). The topological polar surface area (TPSA) is 150 Å². The maximum Gasteiger partial charge on any atom is 0.321 e. The summed E-state index contributed by atoms with van der Waals surface area (Å²) in [4.78, 5) is 50.3. The van der Waals surface area contributed by atoms with E-state index in [9.17, 15) is 19.6 Å². The predicted octanol–water partition coefficient (Wildman–Crippen LogP) is 4.41. The van der Waals surface area contributed by atoms with Crippen LogP contribution >= 0.6 is 11.3 Å². The quantitative estimate of drug-likeness (QED) is 0.406. The molecule has 3 heterocycles. The number of hydrogen-bond acceptors (Lipinski definition) is 9. The predicted molar refractivity (Wildman–Crippen MR) is 135 cm³/mol. The van der Waals surface area contributed by atoms with E-state index in [1.807, 2.05) is 24.0 Å². The van der Waals surface area contributed by atoms with Gasteiger partial charge in [-0.2, -0.15) is 4.91 Å². The van der Waals surface area contributed by atoms with Gasteiger partial charge in [-0.3, -0.25) is 10.1 Å². The number of benzene rings is 1. The molecule has 1 fully saturated rings. The number of carbonyl (C=O) groups excluding carboxylic acids is 1. The van der Waals surface area contributed by atoms with Crippen LogP contribution in [0.4, 0.5) is 15.9 Å². The summed E-state index contributed by atoms with van der Waals surface area (Å²) in [5, 5.41) is 18.4. The average Bonchev–Trinajstić information content (AvgIpc) is 3.25.